The number of rotatable bonds is 3. The van der Waals surface area contributed by atoms with Gasteiger partial charge in [0.1, 0.15) is 17.3 Å². The summed E-state index contributed by atoms with van der Waals surface area (Å²) < 4.78 is 26.8. The van der Waals surface area contributed by atoms with Gasteiger partial charge in [0.05, 0.1) is 12.0 Å². The Kier molecular flexibility index (Phi) is 3.97. The third kappa shape index (κ3) is 3.08. The zero-order chi connectivity index (χ0) is 20.0. The van der Waals surface area contributed by atoms with Crippen LogP contribution in [0.25, 0.3) is 17.0 Å². The molecule has 0 bridgehead atoms. The van der Waals surface area contributed by atoms with Crippen LogP contribution in [0.2, 0.25) is 0 Å². The van der Waals surface area contributed by atoms with Crippen LogP contribution in [-0.4, -0.2) is 25.8 Å². The summed E-state index contributed by atoms with van der Waals surface area (Å²) in [6.07, 6.45) is 0.359. The molecule has 0 N–H and O–H groups in total. The molecule has 8 heteroatoms. The Hall–Kier alpha value is -3.81. The number of fused-ring (bicyclic) bond motifs is 2. The first-order valence-corrected chi connectivity index (χ1v) is 9.08. The number of ether oxygens (including phenoxy) is 2. The number of hydrogen-bond acceptors (Lipinski definition) is 6. The molecule has 1 aliphatic rings. The van der Waals surface area contributed by atoms with Crippen LogP contribution in [0.15, 0.2) is 54.6 Å². The minimum atomic E-state index is -0.416. The van der Waals surface area contributed by atoms with E-state index in [0.29, 0.717) is 29.1 Å². The zero-order valence-electron chi connectivity index (χ0n) is 15.4. The van der Waals surface area contributed by atoms with Crippen LogP contribution in [0.5, 0.6) is 17.4 Å². The zero-order valence-corrected chi connectivity index (χ0v) is 15.4. The maximum Gasteiger partial charge on any atom is 0.311 e. The van der Waals surface area contributed by atoms with E-state index in [4.69, 9.17) is 9.47 Å². The fourth-order valence-electron chi connectivity index (χ4n) is 3.36. The van der Waals surface area contributed by atoms with Crippen LogP contribution in [0.4, 0.5) is 4.39 Å². The summed E-state index contributed by atoms with van der Waals surface area (Å²) in [5.74, 6) is 0.917. The number of benzene rings is 2. The largest absolute Gasteiger partial charge is 0.437 e. The molecule has 0 saturated carbocycles. The van der Waals surface area contributed by atoms with Gasteiger partial charge in [-0.1, -0.05) is 25.1 Å². The third-order valence-electron chi connectivity index (χ3n) is 4.79. The molecule has 3 heterocycles. The minimum Gasteiger partial charge on any atom is -0.437 e. The summed E-state index contributed by atoms with van der Waals surface area (Å²) in [5, 5.41) is 12.5. The second-order valence-electron chi connectivity index (χ2n) is 6.83. The Bertz CT molecular complexity index is 1250. The molecule has 7 nitrogen and oxygen atoms in total. The van der Waals surface area contributed by atoms with Crippen LogP contribution < -0.4 is 9.47 Å². The standard InChI is InChI=1S/C21H15FN4O3/c1-12-10-20(27)29-17-11-13(6-7-14(12)17)28-19-9-8-18-23-24-21(26(18)25-19)15-4-2-3-5-16(15)22/h2-9,11-12H,10H2,1H3. The van der Waals surface area contributed by atoms with E-state index in [-0.39, 0.29) is 23.6 Å². The second kappa shape index (κ2) is 6.66. The highest BCUT2D eigenvalue weighted by Crippen LogP contribution is 2.37. The first-order valence-electron chi connectivity index (χ1n) is 9.08. The predicted molar refractivity (Wildman–Crippen MR) is 101 cm³/mol. The van der Waals surface area contributed by atoms with E-state index < -0.39 is 5.82 Å². The molecule has 1 atom stereocenters. The van der Waals surface area contributed by atoms with E-state index in [2.05, 4.69) is 15.3 Å². The van der Waals surface area contributed by atoms with Gasteiger partial charge in [-0.05, 0) is 35.7 Å². The van der Waals surface area contributed by atoms with E-state index in [9.17, 15) is 9.18 Å². The number of esters is 1. The second-order valence-corrected chi connectivity index (χ2v) is 6.83. The summed E-state index contributed by atoms with van der Waals surface area (Å²) in [4.78, 5) is 11.7. The molecule has 0 amide bonds. The van der Waals surface area contributed by atoms with Crippen molar-refractivity contribution >= 4 is 11.6 Å². The highest BCUT2D eigenvalue weighted by Gasteiger charge is 2.24. The van der Waals surface area contributed by atoms with E-state index in [0.717, 1.165) is 5.56 Å². The molecule has 29 heavy (non-hydrogen) atoms. The van der Waals surface area contributed by atoms with Crippen molar-refractivity contribution in [1.29, 1.82) is 0 Å². The van der Waals surface area contributed by atoms with Gasteiger partial charge in [-0.25, -0.2) is 4.39 Å². The lowest BCUT2D eigenvalue weighted by atomic mass is 9.95. The van der Waals surface area contributed by atoms with E-state index in [1.165, 1.54) is 10.6 Å². The Morgan fingerprint density at radius 1 is 1.14 bits per heavy atom. The van der Waals surface area contributed by atoms with Crippen molar-refractivity contribution < 1.29 is 18.7 Å². The van der Waals surface area contributed by atoms with E-state index >= 15 is 0 Å². The summed E-state index contributed by atoms with van der Waals surface area (Å²) >= 11 is 0. The molecule has 1 unspecified atom stereocenters. The highest BCUT2D eigenvalue weighted by atomic mass is 19.1. The van der Waals surface area contributed by atoms with Gasteiger partial charge in [0, 0.05) is 12.1 Å². The average Bonchev–Trinajstić information content (AvgIpc) is 3.11. The quantitative estimate of drug-likeness (QED) is 0.387. The maximum atomic E-state index is 14.2. The molecule has 0 aliphatic carbocycles. The Balaban J connectivity index is 1.50. The number of aromatic nitrogens is 4. The molecule has 1 aliphatic heterocycles. The maximum absolute atomic E-state index is 14.2. The van der Waals surface area contributed by atoms with Gasteiger partial charge in [-0.2, -0.15) is 4.52 Å². The fraction of sp³-hybridized carbons (Fsp3) is 0.143. The van der Waals surface area contributed by atoms with Gasteiger partial charge < -0.3 is 9.47 Å². The number of halogens is 1. The Morgan fingerprint density at radius 3 is 2.86 bits per heavy atom. The molecule has 2 aromatic heterocycles. The number of carbonyl (C=O) groups excluding carboxylic acids is 1. The summed E-state index contributed by atoms with van der Waals surface area (Å²) in [6.45, 7) is 1.98. The SMILES string of the molecule is CC1CC(=O)Oc2cc(Oc3ccc4nnc(-c5ccccc5F)n4n3)ccc21. The lowest BCUT2D eigenvalue weighted by Gasteiger charge is -2.21. The number of hydrogen-bond donors (Lipinski definition) is 0. The van der Waals surface area contributed by atoms with Gasteiger partial charge in [0.25, 0.3) is 0 Å². The molecule has 0 saturated heterocycles. The molecular weight excluding hydrogens is 375 g/mol. The van der Waals surface area contributed by atoms with Gasteiger partial charge >= 0.3 is 5.97 Å². The van der Waals surface area contributed by atoms with E-state index in [1.54, 1.807) is 42.5 Å². The predicted octanol–water partition coefficient (Wildman–Crippen LogP) is 4.14. The van der Waals surface area contributed by atoms with Gasteiger partial charge in [-0.3, -0.25) is 4.79 Å². The summed E-state index contributed by atoms with van der Waals surface area (Å²) in [7, 11) is 0. The molecular formula is C21H15FN4O3. The van der Waals surface area contributed by atoms with Gasteiger partial charge in [0.15, 0.2) is 11.5 Å². The van der Waals surface area contributed by atoms with Crippen molar-refractivity contribution in [1.82, 2.24) is 19.8 Å². The lowest BCUT2D eigenvalue weighted by molar-refractivity contribution is -0.135. The van der Waals surface area contributed by atoms with Gasteiger partial charge in [-0.15, -0.1) is 15.3 Å². The average molecular weight is 390 g/mol. The van der Waals surface area contributed by atoms with Crippen molar-refractivity contribution in [2.75, 3.05) is 0 Å². The molecule has 0 radical (unpaired) electrons. The molecule has 4 aromatic rings. The smallest absolute Gasteiger partial charge is 0.311 e. The normalized spacial score (nSPS) is 15.8. The first-order chi connectivity index (χ1) is 14.1. The Morgan fingerprint density at radius 2 is 2.00 bits per heavy atom. The van der Waals surface area contributed by atoms with Crippen molar-refractivity contribution in [3.8, 4) is 28.8 Å². The number of carbonyl (C=O) groups is 1. The number of nitrogens with zero attached hydrogens (tertiary/aromatic N) is 4. The molecule has 5 rings (SSSR count). The molecule has 0 fully saturated rings. The first kappa shape index (κ1) is 17.3. The van der Waals surface area contributed by atoms with Gasteiger partial charge in [0.2, 0.25) is 5.88 Å². The molecule has 0 spiro atoms. The lowest BCUT2D eigenvalue weighted by Crippen LogP contribution is -2.18. The van der Waals surface area contributed by atoms with Crippen LogP contribution in [0.1, 0.15) is 24.8 Å². The van der Waals surface area contributed by atoms with Crippen molar-refractivity contribution in [2.24, 2.45) is 0 Å². The van der Waals surface area contributed by atoms with Crippen molar-refractivity contribution in [2.45, 2.75) is 19.3 Å². The highest BCUT2D eigenvalue weighted by molar-refractivity contribution is 5.76. The van der Waals surface area contributed by atoms with Crippen LogP contribution in [0.3, 0.4) is 0 Å². The third-order valence-corrected chi connectivity index (χ3v) is 4.79. The van der Waals surface area contributed by atoms with E-state index in [1.807, 2.05) is 13.0 Å². The van der Waals surface area contributed by atoms with Crippen LogP contribution >= 0.6 is 0 Å². The molecule has 144 valence electrons. The molecule has 2 aromatic carbocycles. The van der Waals surface area contributed by atoms with Crippen LogP contribution in [0, 0.1) is 5.82 Å². The topological polar surface area (TPSA) is 78.6 Å². The van der Waals surface area contributed by atoms with Crippen molar-refractivity contribution in [3.63, 3.8) is 0 Å². The monoisotopic (exact) mass is 390 g/mol. The summed E-state index contributed by atoms with van der Waals surface area (Å²) in [6, 6.07) is 14.9. The minimum absolute atomic E-state index is 0.0927. The summed E-state index contributed by atoms with van der Waals surface area (Å²) in [5.41, 5.74) is 1.71. The van der Waals surface area contributed by atoms with Crippen molar-refractivity contribution in [3.05, 3.63) is 66.0 Å². The fourth-order valence-corrected chi connectivity index (χ4v) is 3.36. The van der Waals surface area contributed by atoms with Crippen LogP contribution in [-0.2, 0) is 4.79 Å². The Labute approximate surface area is 164 Å².